The van der Waals surface area contributed by atoms with E-state index in [1.54, 1.807) is 30.6 Å². The van der Waals surface area contributed by atoms with E-state index in [4.69, 9.17) is 9.67 Å². The lowest BCUT2D eigenvalue weighted by molar-refractivity contribution is -0.236. The molecule has 35 heavy (non-hydrogen) atoms. The molecule has 0 saturated carbocycles. The number of nitrogens with one attached hydrogen (secondary N) is 1. The van der Waals surface area contributed by atoms with Crippen LogP contribution in [0.15, 0.2) is 87.6 Å². The highest BCUT2D eigenvalue weighted by Crippen LogP contribution is 2.26. The number of nitrogens with zero attached hydrogens (tertiary/aromatic N) is 3. The number of benzene rings is 2. The molecule has 2 aromatic carbocycles. The summed E-state index contributed by atoms with van der Waals surface area (Å²) >= 11 is 1.35. The number of thioether (sulfide) groups is 1. The molecule has 0 saturated heterocycles. The van der Waals surface area contributed by atoms with Crippen molar-refractivity contribution in [2.45, 2.75) is 28.3 Å². The Kier molecular flexibility index (Phi) is 8.32. The Balaban J connectivity index is 1.40. The molecule has 4 aromatic rings. The van der Waals surface area contributed by atoms with Crippen LogP contribution in [0.4, 0.5) is 4.39 Å². The number of hydrogen-bond acceptors (Lipinski definition) is 9. The maximum absolute atomic E-state index is 13.1. The maximum atomic E-state index is 13.1. The van der Waals surface area contributed by atoms with Crippen molar-refractivity contribution in [1.29, 1.82) is 0 Å². The first-order valence-corrected chi connectivity index (χ1v) is 12.4. The Labute approximate surface area is 206 Å². The van der Waals surface area contributed by atoms with Crippen LogP contribution < -0.4 is 4.72 Å². The third-order valence-electron chi connectivity index (χ3n) is 4.78. The molecule has 2 atom stereocenters. The van der Waals surface area contributed by atoms with Gasteiger partial charge in [0.25, 0.3) is 5.22 Å². The van der Waals surface area contributed by atoms with Gasteiger partial charge in [0.2, 0.25) is 5.89 Å². The fraction of sp³-hybridized carbons (Fsp3) is 0.130. The summed E-state index contributed by atoms with van der Waals surface area (Å²) in [5.41, 5.74) is 2.44. The second-order valence-electron chi connectivity index (χ2n) is 7.23. The normalized spacial score (nSPS) is 12.7. The van der Waals surface area contributed by atoms with Gasteiger partial charge < -0.3 is 4.42 Å². The minimum atomic E-state index is -1.83. The SMILES string of the molecule is O=C(OO)C(Cc1cccc(CSc2nnc(-c3ccncc3)o2)c1)NS(=O)c1ccc(F)cc1. The van der Waals surface area contributed by atoms with Gasteiger partial charge in [0.05, 0.1) is 4.90 Å². The summed E-state index contributed by atoms with van der Waals surface area (Å²) < 4.78 is 34.0. The number of carbonyl (C=O) groups is 1. The molecule has 180 valence electrons. The van der Waals surface area contributed by atoms with Gasteiger partial charge in [0.1, 0.15) is 22.8 Å². The minimum absolute atomic E-state index is 0.0948. The average molecular weight is 515 g/mol. The fourth-order valence-corrected chi connectivity index (χ4v) is 4.76. The molecule has 0 bridgehead atoms. The second kappa shape index (κ2) is 11.8. The molecular weight excluding hydrogens is 495 g/mol. The molecule has 0 amide bonds. The van der Waals surface area contributed by atoms with Crippen LogP contribution in [-0.4, -0.2) is 36.7 Å². The van der Waals surface area contributed by atoms with Gasteiger partial charge >= 0.3 is 5.97 Å². The monoisotopic (exact) mass is 514 g/mol. The number of aromatic nitrogens is 3. The van der Waals surface area contributed by atoms with E-state index in [0.717, 1.165) is 16.7 Å². The van der Waals surface area contributed by atoms with E-state index in [1.165, 1.54) is 36.0 Å². The van der Waals surface area contributed by atoms with E-state index in [1.807, 2.05) is 18.2 Å². The average Bonchev–Trinajstić information content (AvgIpc) is 3.37. The van der Waals surface area contributed by atoms with Crippen LogP contribution in [-0.2, 0) is 32.8 Å². The van der Waals surface area contributed by atoms with E-state index in [0.29, 0.717) is 16.9 Å². The standard InChI is InChI=1S/C23H19FN4O5S2/c24-18-4-6-19(7-5-18)35(31)28-20(22(29)33-30)13-15-2-1-3-16(12-15)14-34-23-27-26-21(32-23)17-8-10-25-11-9-17/h1-12,20,28,30H,13-14H2. The van der Waals surface area contributed by atoms with Crippen molar-refractivity contribution in [2.24, 2.45) is 0 Å². The van der Waals surface area contributed by atoms with Crippen LogP contribution in [0.5, 0.6) is 0 Å². The summed E-state index contributed by atoms with van der Waals surface area (Å²) in [5, 5.41) is 17.4. The van der Waals surface area contributed by atoms with Gasteiger partial charge in [-0.05, 0) is 53.9 Å². The van der Waals surface area contributed by atoms with E-state index < -0.39 is 28.8 Å². The Bertz CT molecular complexity index is 1300. The van der Waals surface area contributed by atoms with Crippen LogP contribution in [0.2, 0.25) is 0 Å². The molecule has 2 unspecified atom stereocenters. The van der Waals surface area contributed by atoms with Gasteiger partial charge in [0.15, 0.2) is 0 Å². The summed E-state index contributed by atoms with van der Waals surface area (Å²) in [5.74, 6) is -0.541. The molecule has 0 spiro atoms. The van der Waals surface area contributed by atoms with Crippen LogP contribution in [0.3, 0.4) is 0 Å². The van der Waals surface area contributed by atoms with Crippen LogP contribution >= 0.6 is 11.8 Å². The molecule has 9 nitrogen and oxygen atoms in total. The summed E-state index contributed by atoms with van der Waals surface area (Å²) in [6.45, 7) is 0. The zero-order valence-corrected chi connectivity index (χ0v) is 19.7. The summed E-state index contributed by atoms with van der Waals surface area (Å²) in [4.78, 5) is 20.2. The lowest BCUT2D eigenvalue weighted by Gasteiger charge is -2.15. The largest absolute Gasteiger partial charge is 0.411 e. The second-order valence-corrected chi connectivity index (χ2v) is 9.40. The summed E-state index contributed by atoms with van der Waals surface area (Å²) in [6.07, 6.45) is 3.38. The molecule has 2 N–H and O–H groups in total. The summed E-state index contributed by atoms with van der Waals surface area (Å²) in [7, 11) is -1.83. The first kappa shape index (κ1) is 24.7. The first-order valence-electron chi connectivity index (χ1n) is 10.2. The number of pyridine rings is 1. The zero-order valence-electron chi connectivity index (χ0n) is 18.0. The van der Waals surface area contributed by atoms with E-state index >= 15 is 0 Å². The van der Waals surface area contributed by atoms with Gasteiger partial charge in [-0.1, -0.05) is 36.0 Å². The molecule has 0 aliphatic rings. The number of hydrogen-bond donors (Lipinski definition) is 2. The van der Waals surface area contributed by atoms with E-state index in [9.17, 15) is 13.4 Å². The third-order valence-corrected chi connectivity index (χ3v) is 6.87. The Morgan fingerprint density at radius 2 is 1.86 bits per heavy atom. The number of carbonyl (C=O) groups excluding carboxylic acids is 1. The minimum Gasteiger partial charge on any atom is -0.411 e. The van der Waals surface area contributed by atoms with Gasteiger partial charge in [-0.15, -0.1) is 10.2 Å². The van der Waals surface area contributed by atoms with E-state index in [2.05, 4.69) is 24.8 Å². The lowest BCUT2D eigenvalue weighted by Crippen LogP contribution is -2.40. The first-order chi connectivity index (χ1) is 17.0. The zero-order chi connectivity index (χ0) is 24.6. The van der Waals surface area contributed by atoms with Crippen LogP contribution in [0.25, 0.3) is 11.5 Å². The van der Waals surface area contributed by atoms with Gasteiger partial charge in [-0.25, -0.2) is 18.1 Å². The highest BCUT2D eigenvalue weighted by atomic mass is 32.2. The highest BCUT2D eigenvalue weighted by Gasteiger charge is 2.24. The topological polar surface area (TPSA) is 127 Å². The molecule has 12 heteroatoms. The van der Waals surface area contributed by atoms with E-state index in [-0.39, 0.29) is 11.3 Å². The number of halogens is 1. The number of rotatable bonds is 10. The molecular formula is C23H19FN4O5S2. The molecule has 0 radical (unpaired) electrons. The Hall–Kier alpha value is -3.45. The van der Waals surface area contributed by atoms with Gasteiger partial charge in [-0.2, -0.15) is 5.26 Å². The molecule has 0 fully saturated rings. The van der Waals surface area contributed by atoms with Crippen molar-refractivity contribution < 1.29 is 28.0 Å². The van der Waals surface area contributed by atoms with Crippen molar-refractivity contribution in [3.63, 3.8) is 0 Å². The van der Waals surface area contributed by atoms with Crippen molar-refractivity contribution in [3.05, 3.63) is 90.0 Å². The molecule has 2 aromatic heterocycles. The van der Waals surface area contributed by atoms with Crippen molar-refractivity contribution >= 4 is 28.7 Å². The predicted octanol–water partition coefficient (Wildman–Crippen LogP) is 3.80. The highest BCUT2D eigenvalue weighted by molar-refractivity contribution is 7.98. The molecule has 0 aliphatic heterocycles. The van der Waals surface area contributed by atoms with Gasteiger partial charge in [-0.3, -0.25) is 9.87 Å². The Morgan fingerprint density at radius 1 is 1.11 bits per heavy atom. The summed E-state index contributed by atoms with van der Waals surface area (Å²) in [6, 6.07) is 14.8. The van der Waals surface area contributed by atoms with Crippen LogP contribution in [0.1, 0.15) is 11.1 Å². The quantitative estimate of drug-likeness (QED) is 0.184. The molecule has 0 aliphatic carbocycles. The van der Waals surface area contributed by atoms with Gasteiger partial charge in [0, 0.05) is 23.7 Å². The molecule has 4 rings (SSSR count). The lowest BCUT2D eigenvalue weighted by atomic mass is 10.0. The van der Waals surface area contributed by atoms with Crippen molar-refractivity contribution in [1.82, 2.24) is 19.9 Å². The third kappa shape index (κ3) is 6.79. The fourth-order valence-electron chi connectivity index (χ4n) is 3.10. The Morgan fingerprint density at radius 3 is 2.60 bits per heavy atom. The maximum Gasteiger partial charge on any atom is 0.360 e. The van der Waals surface area contributed by atoms with Crippen LogP contribution in [0, 0.1) is 5.82 Å². The van der Waals surface area contributed by atoms with Crippen molar-refractivity contribution in [3.8, 4) is 11.5 Å². The molecule has 2 heterocycles. The van der Waals surface area contributed by atoms with Crippen molar-refractivity contribution in [2.75, 3.05) is 0 Å². The smallest absolute Gasteiger partial charge is 0.360 e. The predicted molar refractivity (Wildman–Crippen MR) is 126 cm³/mol.